The first kappa shape index (κ1) is 22.9. The maximum atomic E-state index is 12.4. The average Bonchev–Trinajstić information content (AvgIpc) is 2.92. The van der Waals surface area contributed by atoms with Crippen molar-refractivity contribution in [2.24, 2.45) is 9.98 Å². The van der Waals surface area contributed by atoms with Gasteiger partial charge in [-0.05, 0) is 45.2 Å². The maximum Gasteiger partial charge on any atom is 0.253 e. The lowest BCUT2D eigenvalue weighted by molar-refractivity contribution is 0.0956. The van der Waals surface area contributed by atoms with Crippen LogP contribution in [0.15, 0.2) is 46.5 Å². The monoisotopic (exact) mass is 439 g/mol. The van der Waals surface area contributed by atoms with Gasteiger partial charge in [-0.1, -0.05) is 37.1 Å². The second-order valence-corrected chi connectivity index (χ2v) is 8.16. The Labute approximate surface area is 189 Å². The van der Waals surface area contributed by atoms with Gasteiger partial charge in [0, 0.05) is 30.5 Å². The Morgan fingerprint density at radius 2 is 2.06 bits per heavy atom. The molecule has 1 aromatic heterocycles. The van der Waals surface area contributed by atoms with Crippen LogP contribution in [0.25, 0.3) is 0 Å². The van der Waals surface area contributed by atoms with Crippen molar-refractivity contribution in [1.29, 1.82) is 0 Å². The molecule has 0 saturated heterocycles. The van der Waals surface area contributed by atoms with Crippen molar-refractivity contribution in [2.75, 3.05) is 11.9 Å². The zero-order chi connectivity index (χ0) is 22.2. The molecule has 0 bridgehead atoms. The minimum absolute atomic E-state index is 0.133. The fraction of sp³-hybridized carbons (Fsp3) is 0.417. The number of amides is 1. The lowest BCUT2D eigenvalue weighted by atomic mass is 10.0. The van der Waals surface area contributed by atoms with E-state index in [2.05, 4.69) is 29.5 Å². The van der Waals surface area contributed by atoms with Gasteiger partial charge >= 0.3 is 0 Å². The van der Waals surface area contributed by atoms with Crippen molar-refractivity contribution >= 4 is 46.1 Å². The number of aliphatic imine (C=N–C) groups is 2. The van der Waals surface area contributed by atoms with E-state index in [1.807, 2.05) is 31.2 Å². The number of nitrogens with zero attached hydrogens (tertiary/aromatic N) is 3. The van der Waals surface area contributed by atoms with Crippen molar-refractivity contribution in [3.63, 3.8) is 0 Å². The minimum Gasteiger partial charge on any atom is -0.353 e. The summed E-state index contributed by atoms with van der Waals surface area (Å²) in [5.74, 6) is 0.463. The van der Waals surface area contributed by atoms with E-state index in [0.717, 1.165) is 43.5 Å². The summed E-state index contributed by atoms with van der Waals surface area (Å²) in [4.78, 5) is 26.4. The number of benzene rings is 1. The highest BCUT2D eigenvalue weighted by Gasteiger charge is 2.16. The van der Waals surface area contributed by atoms with Gasteiger partial charge in [-0.15, -0.1) is 0 Å². The summed E-state index contributed by atoms with van der Waals surface area (Å²) in [6, 6.07) is 9.56. The molecule has 2 heterocycles. The first-order valence-corrected chi connectivity index (χ1v) is 11.3. The van der Waals surface area contributed by atoms with Gasteiger partial charge in [0.05, 0.1) is 34.2 Å². The number of aromatic nitrogens is 1. The number of carbonyl (C=O) groups is 1. The Bertz CT molecular complexity index is 986. The van der Waals surface area contributed by atoms with E-state index in [-0.39, 0.29) is 5.91 Å². The van der Waals surface area contributed by atoms with Gasteiger partial charge < -0.3 is 10.6 Å². The van der Waals surface area contributed by atoms with E-state index >= 15 is 0 Å². The third kappa shape index (κ3) is 6.37. The second-order valence-electron chi connectivity index (χ2n) is 7.75. The third-order valence-corrected chi connectivity index (χ3v) is 5.44. The van der Waals surface area contributed by atoms with Crippen molar-refractivity contribution in [3.05, 3.63) is 47.1 Å². The summed E-state index contributed by atoms with van der Waals surface area (Å²) in [5, 5.41) is 6.58. The van der Waals surface area contributed by atoms with Gasteiger partial charge in [-0.25, -0.2) is 9.98 Å². The Morgan fingerprint density at radius 1 is 1.26 bits per heavy atom. The fourth-order valence-electron chi connectivity index (χ4n) is 3.71. The molecule has 7 heteroatoms. The van der Waals surface area contributed by atoms with Crippen LogP contribution in [0.5, 0.6) is 0 Å². The Hall–Kier alpha value is -2.73. The number of carbonyl (C=O) groups excluding carboxylic acids is 1. The van der Waals surface area contributed by atoms with Crippen LogP contribution in [0.3, 0.4) is 0 Å². The molecule has 0 spiro atoms. The zero-order valence-corrected chi connectivity index (χ0v) is 19.2. The van der Waals surface area contributed by atoms with Gasteiger partial charge in [0.1, 0.15) is 0 Å². The van der Waals surface area contributed by atoms with Crippen LogP contribution in [-0.4, -0.2) is 34.9 Å². The van der Waals surface area contributed by atoms with Crippen LogP contribution in [0.4, 0.5) is 17.2 Å². The molecule has 2 N–H and O–H groups in total. The molecular formula is C24H30ClN5O. The third-order valence-electron chi connectivity index (χ3n) is 5.14. The molecule has 0 aliphatic carbocycles. The number of pyridine rings is 1. The Balaban J connectivity index is 1.83. The summed E-state index contributed by atoms with van der Waals surface area (Å²) >= 11 is 6.39. The smallest absolute Gasteiger partial charge is 0.253 e. The number of halogens is 1. The lowest BCUT2D eigenvalue weighted by Gasteiger charge is -2.13. The first-order valence-electron chi connectivity index (χ1n) is 10.9. The fourth-order valence-corrected chi connectivity index (χ4v) is 3.86. The van der Waals surface area contributed by atoms with Crippen LogP contribution in [-0.2, 0) is 0 Å². The van der Waals surface area contributed by atoms with E-state index in [4.69, 9.17) is 21.6 Å². The van der Waals surface area contributed by atoms with Crippen molar-refractivity contribution in [3.8, 4) is 0 Å². The molecule has 1 aliphatic heterocycles. The van der Waals surface area contributed by atoms with Crippen molar-refractivity contribution in [2.45, 2.75) is 58.9 Å². The number of rotatable bonds is 7. The Morgan fingerprint density at radius 3 is 2.84 bits per heavy atom. The number of anilines is 2. The highest BCUT2D eigenvalue weighted by Crippen LogP contribution is 2.30. The van der Waals surface area contributed by atoms with Crippen LogP contribution >= 0.6 is 11.6 Å². The van der Waals surface area contributed by atoms with Crippen LogP contribution in [0.1, 0.15) is 63.2 Å². The Kier molecular flexibility index (Phi) is 8.18. The molecule has 0 saturated carbocycles. The van der Waals surface area contributed by atoms with Gasteiger partial charge in [0.2, 0.25) is 0 Å². The molecule has 2 aromatic rings. The summed E-state index contributed by atoms with van der Waals surface area (Å²) in [5.41, 5.74) is 4.11. The molecule has 31 heavy (non-hydrogen) atoms. The normalized spacial score (nSPS) is 17.7. The first-order chi connectivity index (χ1) is 15.0. The van der Waals surface area contributed by atoms with Gasteiger partial charge in [-0.3, -0.25) is 9.79 Å². The minimum atomic E-state index is -0.133. The lowest BCUT2D eigenvalue weighted by Crippen LogP contribution is -2.23. The predicted molar refractivity (Wildman–Crippen MR) is 130 cm³/mol. The molecular weight excluding hydrogens is 410 g/mol. The maximum absolute atomic E-state index is 12.4. The van der Waals surface area contributed by atoms with Crippen LogP contribution < -0.4 is 10.6 Å². The quantitative estimate of drug-likeness (QED) is 0.545. The predicted octanol–water partition coefficient (Wildman–Crippen LogP) is 6.11. The molecule has 1 atom stereocenters. The number of nitrogens with one attached hydrogen (secondary N) is 2. The van der Waals surface area contributed by atoms with E-state index in [1.165, 1.54) is 0 Å². The SMILES string of the molecule is CCCC1CCC(=Nc2cc(Nc3ccccc3C(=O)NCC)c(Cl)cn2)CC(C)=N1. The highest BCUT2D eigenvalue weighted by atomic mass is 35.5. The molecule has 6 nitrogen and oxygen atoms in total. The molecule has 0 fully saturated rings. The van der Waals surface area contributed by atoms with E-state index in [1.54, 1.807) is 12.3 Å². The highest BCUT2D eigenvalue weighted by molar-refractivity contribution is 6.33. The second kappa shape index (κ2) is 11.0. The van der Waals surface area contributed by atoms with E-state index in [9.17, 15) is 4.79 Å². The average molecular weight is 440 g/mol. The van der Waals surface area contributed by atoms with Gasteiger partial charge in [0.15, 0.2) is 5.82 Å². The van der Waals surface area contributed by atoms with E-state index < -0.39 is 0 Å². The standard InChI is InChI=1S/C24H30ClN5O/c1-4-8-17-11-12-18(13-16(3)28-17)29-23-14-22(20(25)15-27-23)30-21-10-7-6-9-19(21)24(31)26-5-2/h6-7,9-10,14-15,17H,4-5,8,11-13H2,1-3H3,(H,26,31)(H,27,30). The van der Waals surface area contributed by atoms with Crippen LogP contribution in [0.2, 0.25) is 5.02 Å². The number of hydrogen-bond donors (Lipinski definition) is 2. The molecule has 3 rings (SSSR count). The van der Waals surface area contributed by atoms with E-state index in [0.29, 0.717) is 40.4 Å². The summed E-state index contributed by atoms with van der Waals surface area (Å²) in [7, 11) is 0. The molecule has 1 aromatic carbocycles. The van der Waals surface area contributed by atoms with Gasteiger partial charge in [-0.2, -0.15) is 0 Å². The summed E-state index contributed by atoms with van der Waals surface area (Å²) in [6.45, 7) is 6.72. The molecule has 1 aliphatic rings. The topological polar surface area (TPSA) is 78.7 Å². The number of hydrogen-bond acceptors (Lipinski definition) is 5. The molecule has 164 valence electrons. The van der Waals surface area contributed by atoms with Crippen molar-refractivity contribution in [1.82, 2.24) is 10.3 Å². The molecule has 1 amide bonds. The zero-order valence-electron chi connectivity index (χ0n) is 18.4. The largest absolute Gasteiger partial charge is 0.353 e. The number of para-hydroxylation sites is 1. The van der Waals surface area contributed by atoms with Gasteiger partial charge in [0.25, 0.3) is 5.91 Å². The van der Waals surface area contributed by atoms with Crippen LogP contribution in [0, 0.1) is 0 Å². The van der Waals surface area contributed by atoms with Crippen molar-refractivity contribution < 1.29 is 4.79 Å². The molecule has 0 radical (unpaired) electrons. The summed E-state index contributed by atoms with van der Waals surface area (Å²) < 4.78 is 0. The summed E-state index contributed by atoms with van der Waals surface area (Å²) in [6.07, 6.45) is 6.55. The molecule has 1 unspecified atom stereocenters.